The number of rotatable bonds is 3. The minimum Gasteiger partial charge on any atom is -0.330 e. The molecule has 1 saturated carbocycles. The Bertz CT molecular complexity index is 289. The molecule has 2 nitrogen and oxygen atoms in total. The van der Waals surface area contributed by atoms with Crippen molar-refractivity contribution >= 4 is 11.3 Å². The van der Waals surface area contributed by atoms with E-state index in [-0.39, 0.29) is 0 Å². The zero-order valence-electron chi connectivity index (χ0n) is 8.05. The van der Waals surface area contributed by atoms with E-state index < -0.39 is 0 Å². The van der Waals surface area contributed by atoms with Gasteiger partial charge in [0.25, 0.3) is 0 Å². The Morgan fingerprint density at radius 1 is 1.62 bits per heavy atom. The van der Waals surface area contributed by atoms with Gasteiger partial charge in [-0.15, -0.1) is 11.3 Å². The van der Waals surface area contributed by atoms with Gasteiger partial charge in [-0.1, -0.05) is 6.42 Å². The molecule has 1 aliphatic carbocycles. The maximum absolute atomic E-state index is 5.64. The molecule has 0 amide bonds. The van der Waals surface area contributed by atoms with Gasteiger partial charge in [-0.05, 0) is 32.7 Å². The zero-order valence-corrected chi connectivity index (χ0v) is 8.86. The lowest BCUT2D eigenvalue weighted by atomic mass is 9.65. The van der Waals surface area contributed by atoms with Crippen LogP contribution in [0.25, 0.3) is 0 Å². The average Bonchev–Trinajstić information content (AvgIpc) is 2.44. The molecule has 0 spiro atoms. The highest BCUT2D eigenvalue weighted by molar-refractivity contribution is 7.09. The van der Waals surface area contributed by atoms with Gasteiger partial charge in [-0.2, -0.15) is 0 Å². The molecule has 0 saturated heterocycles. The highest BCUT2D eigenvalue weighted by Crippen LogP contribution is 2.46. The van der Waals surface area contributed by atoms with Gasteiger partial charge >= 0.3 is 0 Å². The molecular weight excluding hydrogens is 180 g/mol. The first kappa shape index (κ1) is 9.16. The number of nitrogens with zero attached hydrogens (tertiary/aromatic N) is 1. The van der Waals surface area contributed by atoms with Crippen molar-refractivity contribution in [3.63, 3.8) is 0 Å². The molecular formula is C10H16N2S. The summed E-state index contributed by atoms with van der Waals surface area (Å²) in [7, 11) is 0. The van der Waals surface area contributed by atoms with Crippen LogP contribution in [0.1, 0.15) is 36.4 Å². The van der Waals surface area contributed by atoms with Gasteiger partial charge in [0.1, 0.15) is 0 Å². The first-order valence-electron chi connectivity index (χ1n) is 4.89. The normalized spacial score (nSPS) is 19.8. The molecule has 2 N–H and O–H groups in total. The van der Waals surface area contributed by atoms with Gasteiger partial charge in [-0.3, -0.25) is 0 Å². The molecule has 0 unspecified atom stereocenters. The van der Waals surface area contributed by atoms with Crippen LogP contribution in [0.15, 0.2) is 5.38 Å². The van der Waals surface area contributed by atoms with Crippen molar-refractivity contribution in [3.05, 3.63) is 16.1 Å². The molecule has 1 aromatic rings. The van der Waals surface area contributed by atoms with E-state index in [2.05, 4.69) is 17.3 Å². The second-order valence-electron chi connectivity index (χ2n) is 3.92. The highest BCUT2D eigenvalue weighted by atomic mass is 32.1. The Kier molecular flexibility index (Phi) is 2.39. The summed E-state index contributed by atoms with van der Waals surface area (Å²) in [5.74, 6) is 0. The van der Waals surface area contributed by atoms with Crippen molar-refractivity contribution in [2.24, 2.45) is 5.73 Å². The molecule has 0 bridgehead atoms. The summed E-state index contributed by atoms with van der Waals surface area (Å²) in [5.41, 5.74) is 7.30. The number of hydrogen-bond acceptors (Lipinski definition) is 3. The first-order valence-corrected chi connectivity index (χ1v) is 5.77. The Balaban J connectivity index is 2.21. The second-order valence-corrected chi connectivity index (χ2v) is 4.99. The molecule has 0 atom stereocenters. The summed E-state index contributed by atoms with van der Waals surface area (Å²) < 4.78 is 0. The fraction of sp³-hybridized carbons (Fsp3) is 0.700. The molecule has 72 valence electrons. The SMILES string of the molecule is Cc1nc(C2(CCN)CCC2)cs1. The summed E-state index contributed by atoms with van der Waals surface area (Å²) in [5, 5.41) is 3.39. The summed E-state index contributed by atoms with van der Waals surface area (Å²) in [4.78, 5) is 4.59. The van der Waals surface area contributed by atoms with Gasteiger partial charge in [0.15, 0.2) is 0 Å². The number of aryl methyl sites for hydroxylation is 1. The highest BCUT2D eigenvalue weighted by Gasteiger charge is 2.39. The van der Waals surface area contributed by atoms with Crippen molar-refractivity contribution in [1.82, 2.24) is 4.98 Å². The Labute approximate surface area is 83.2 Å². The lowest BCUT2D eigenvalue weighted by Gasteiger charge is -2.40. The average molecular weight is 196 g/mol. The minimum atomic E-state index is 0.361. The van der Waals surface area contributed by atoms with Gasteiger partial charge in [-0.25, -0.2) is 4.98 Å². The third kappa shape index (κ3) is 1.51. The van der Waals surface area contributed by atoms with Crippen LogP contribution in [-0.2, 0) is 5.41 Å². The fourth-order valence-corrected chi connectivity index (χ4v) is 2.86. The van der Waals surface area contributed by atoms with E-state index in [9.17, 15) is 0 Å². The number of aromatic nitrogens is 1. The Hall–Kier alpha value is -0.410. The van der Waals surface area contributed by atoms with Crippen LogP contribution < -0.4 is 5.73 Å². The zero-order chi connectivity index (χ0) is 9.31. The molecule has 1 aromatic heterocycles. The van der Waals surface area contributed by atoms with Gasteiger partial charge in [0, 0.05) is 10.8 Å². The molecule has 0 radical (unpaired) electrons. The molecule has 13 heavy (non-hydrogen) atoms. The summed E-state index contributed by atoms with van der Waals surface area (Å²) >= 11 is 1.75. The van der Waals surface area contributed by atoms with Crippen LogP contribution in [-0.4, -0.2) is 11.5 Å². The number of hydrogen-bond donors (Lipinski definition) is 1. The lowest BCUT2D eigenvalue weighted by Crippen LogP contribution is -2.36. The quantitative estimate of drug-likeness (QED) is 0.805. The van der Waals surface area contributed by atoms with Crippen molar-refractivity contribution in [1.29, 1.82) is 0 Å². The molecule has 0 aromatic carbocycles. The predicted octanol–water partition coefficient (Wildman–Crippen LogP) is 2.22. The maximum atomic E-state index is 5.64. The van der Waals surface area contributed by atoms with Crippen LogP contribution in [0.4, 0.5) is 0 Å². The third-order valence-corrected chi connectivity index (χ3v) is 3.87. The van der Waals surface area contributed by atoms with Gasteiger partial charge in [0.2, 0.25) is 0 Å². The number of thiazole rings is 1. The molecule has 0 aliphatic heterocycles. The van der Waals surface area contributed by atoms with Crippen LogP contribution in [0.5, 0.6) is 0 Å². The van der Waals surface area contributed by atoms with E-state index in [1.54, 1.807) is 11.3 Å². The first-order chi connectivity index (χ1) is 6.27. The van der Waals surface area contributed by atoms with E-state index in [4.69, 9.17) is 5.73 Å². The summed E-state index contributed by atoms with van der Waals surface area (Å²) in [6, 6.07) is 0. The third-order valence-electron chi connectivity index (χ3n) is 3.10. The number of nitrogens with two attached hydrogens (primary N) is 1. The van der Waals surface area contributed by atoms with Crippen molar-refractivity contribution in [2.75, 3.05) is 6.54 Å². The standard InChI is InChI=1S/C10H16N2S/c1-8-12-9(7-13-8)10(5-6-11)3-2-4-10/h7H,2-6,11H2,1H3. The Morgan fingerprint density at radius 3 is 2.77 bits per heavy atom. The van der Waals surface area contributed by atoms with Gasteiger partial charge in [0.05, 0.1) is 10.7 Å². The minimum absolute atomic E-state index is 0.361. The predicted molar refractivity (Wildman–Crippen MR) is 56.1 cm³/mol. The summed E-state index contributed by atoms with van der Waals surface area (Å²) in [6.07, 6.45) is 5.02. The monoisotopic (exact) mass is 196 g/mol. The molecule has 3 heteroatoms. The van der Waals surface area contributed by atoms with Crippen LogP contribution in [0, 0.1) is 6.92 Å². The molecule has 1 heterocycles. The van der Waals surface area contributed by atoms with Crippen molar-refractivity contribution in [2.45, 2.75) is 38.0 Å². The molecule has 2 rings (SSSR count). The van der Waals surface area contributed by atoms with Crippen molar-refractivity contribution < 1.29 is 0 Å². The van der Waals surface area contributed by atoms with Crippen LogP contribution in [0.2, 0.25) is 0 Å². The van der Waals surface area contributed by atoms with E-state index >= 15 is 0 Å². The van der Waals surface area contributed by atoms with E-state index in [1.807, 2.05) is 0 Å². The molecule has 1 aliphatic rings. The van der Waals surface area contributed by atoms with Gasteiger partial charge < -0.3 is 5.73 Å². The fourth-order valence-electron chi connectivity index (χ4n) is 2.12. The van der Waals surface area contributed by atoms with E-state index in [1.165, 1.54) is 30.0 Å². The molecule has 1 fully saturated rings. The topological polar surface area (TPSA) is 38.9 Å². The summed E-state index contributed by atoms with van der Waals surface area (Å²) in [6.45, 7) is 2.86. The largest absolute Gasteiger partial charge is 0.330 e. The Morgan fingerprint density at radius 2 is 2.38 bits per heavy atom. The smallest absolute Gasteiger partial charge is 0.0897 e. The maximum Gasteiger partial charge on any atom is 0.0897 e. The van der Waals surface area contributed by atoms with Crippen molar-refractivity contribution in [3.8, 4) is 0 Å². The lowest BCUT2D eigenvalue weighted by molar-refractivity contribution is 0.223. The van der Waals surface area contributed by atoms with E-state index in [0.717, 1.165) is 13.0 Å². The van der Waals surface area contributed by atoms with Crippen LogP contribution in [0.3, 0.4) is 0 Å². The van der Waals surface area contributed by atoms with Crippen LogP contribution >= 0.6 is 11.3 Å². The van der Waals surface area contributed by atoms with E-state index in [0.29, 0.717) is 5.41 Å². The second kappa shape index (κ2) is 3.39.